The van der Waals surface area contributed by atoms with E-state index in [1.165, 1.54) is 45.3 Å². The fraction of sp³-hybridized carbons (Fsp3) is 1.00. The third kappa shape index (κ3) is 4.35. The molecule has 0 spiro atoms. The molecule has 1 aliphatic heterocycles. The fourth-order valence-corrected chi connectivity index (χ4v) is 2.18. The van der Waals surface area contributed by atoms with Crippen LogP contribution in [0.5, 0.6) is 0 Å². The van der Waals surface area contributed by atoms with E-state index in [2.05, 4.69) is 4.90 Å². The van der Waals surface area contributed by atoms with Gasteiger partial charge < -0.3 is 10.6 Å². The van der Waals surface area contributed by atoms with Gasteiger partial charge in [0.15, 0.2) is 0 Å². The van der Waals surface area contributed by atoms with Crippen LogP contribution < -0.4 is 5.73 Å². The monoisotopic (exact) mass is 240 g/mol. The third-order valence-corrected chi connectivity index (χ3v) is 3.15. The maximum Gasteiger partial charge on any atom is 0.00218 e. The Morgan fingerprint density at radius 3 is 2.36 bits per heavy atom. The zero-order chi connectivity index (χ0) is 8.39. The lowest BCUT2D eigenvalue weighted by Gasteiger charge is -2.32. The van der Waals surface area contributed by atoms with E-state index >= 15 is 0 Å². The molecule has 0 radical (unpaired) electrons. The molecule has 0 amide bonds. The van der Waals surface area contributed by atoms with Gasteiger partial charge in [0, 0.05) is 13.1 Å². The molecular formula is C10H22Cl2N2. The van der Waals surface area contributed by atoms with Crippen molar-refractivity contribution in [2.75, 3.05) is 26.2 Å². The second kappa shape index (κ2) is 6.89. The van der Waals surface area contributed by atoms with Crippen molar-refractivity contribution in [2.24, 2.45) is 17.6 Å². The Kier molecular flexibility index (Phi) is 7.13. The van der Waals surface area contributed by atoms with Crippen LogP contribution in [0, 0.1) is 11.8 Å². The van der Waals surface area contributed by atoms with Crippen LogP contribution in [0.1, 0.15) is 25.7 Å². The molecule has 0 aromatic rings. The molecule has 86 valence electrons. The summed E-state index contributed by atoms with van der Waals surface area (Å²) >= 11 is 0. The quantitative estimate of drug-likeness (QED) is 0.817. The fourth-order valence-electron chi connectivity index (χ4n) is 2.18. The van der Waals surface area contributed by atoms with Crippen LogP contribution in [0.4, 0.5) is 0 Å². The predicted octanol–water partition coefficient (Wildman–Crippen LogP) is 1.91. The van der Waals surface area contributed by atoms with E-state index in [9.17, 15) is 0 Å². The molecule has 0 bridgehead atoms. The number of hydrogen-bond acceptors (Lipinski definition) is 2. The maximum absolute atomic E-state index is 5.69. The van der Waals surface area contributed by atoms with Crippen LogP contribution in [-0.2, 0) is 0 Å². The number of nitrogens with zero attached hydrogens (tertiary/aromatic N) is 1. The van der Waals surface area contributed by atoms with Crippen LogP contribution in [0.3, 0.4) is 0 Å². The first-order chi connectivity index (χ1) is 5.88. The number of nitrogens with two attached hydrogens (primary N) is 1. The van der Waals surface area contributed by atoms with E-state index in [0.29, 0.717) is 0 Å². The summed E-state index contributed by atoms with van der Waals surface area (Å²) in [5, 5.41) is 0. The first-order valence-corrected chi connectivity index (χ1v) is 5.31. The van der Waals surface area contributed by atoms with E-state index in [0.717, 1.165) is 18.4 Å². The standard InChI is InChI=1S/C10H20N2.2ClH/c11-6-10-2-1-5-12(8-10)7-9-3-4-9;;/h9-10H,1-8,11H2;2*1H. The van der Waals surface area contributed by atoms with Crippen LogP contribution in [0.15, 0.2) is 0 Å². The number of hydrogen-bond donors (Lipinski definition) is 1. The van der Waals surface area contributed by atoms with E-state index in [-0.39, 0.29) is 24.8 Å². The predicted molar refractivity (Wildman–Crippen MR) is 65.4 cm³/mol. The van der Waals surface area contributed by atoms with Gasteiger partial charge in [-0.1, -0.05) is 0 Å². The largest absolute Gasteiger partial charge is 0.330 e. The molecule has 1 saturated carbocycles. The van der Waals surface area contributed by atoms with E-state index in [1.54, 1.807) is 0 Å². The van der Waals surface area contributed by atoms with Crippen LogP contribution >= 0.6 is 24.8 Å². The molecule has 1 saturated heterocycles. The van der Waals surface area contributed by atoms with Crippen LogP contribution in [-0.4, -0.2) is 31.1 Å². The average Bonchev–Trinajstić information content (AvgIpc) is 2.89. The molecular weight excluding hydrogens is 219 g/mol. The second-order valence-electron chi connectivity index (χ2n) is 4.45. The molecule has 0 aromatic heterocycles. The first kappa shape index (κ1) is 14.5. The van der Waals surface area contributed by atoms with Gasteiger partial charge in [-0.25, -0.2) is 0 Å². The van der Waals surface area contributed by atoms with E-state index in [1.807, 2.05) is 0 Å². The number of likely N-dealkylation sites (tertiary alicyclic amines) is 1. The van der Waals surface area contributed by atoms with E-state index < -0.39 is 0 Å². The van der Waals surface area contributed by atoms with Gasteiger partial charge in [-0.15, -0.1) is 24.8 Å². The van der Waals surface area contributed by atoms with Gasteiger partial charge in [-0.3, -0.25) is 0 Å². The zero-order valence-corrected chi connectivity index (χ0v) is 10.3. The van der Waals surface area contributed by atoms with Gasteiger partial charge in [-0.2, -0.15) is 0 Å². The Morgan fingerprint density at radius 1 is 1.07 bits per heavy atom. The summed E-state index contributed by atoms with van der Waals surface area (Å²) in [7, 11) is 0. The average molecular weight is 241 g/mol. The van der Waals surface area contributed by atoms with Crippen LogP contribution in [0.2, 0.25) is 0 Å². The number of piperidine rings is 1. The number of rotatable bonds is 3. The second-order valence-corrected chi connectivity index (χ2v) is 4.45. The van der Waals surface area contributed by atoms with Gasteiger partial charge >= 0.3 is 0 Å². The Balaban J connectivity index is 0.000000845. The summed E-state index contributed by atoms with van der Waals surface area (Å²) in [6.45, 7) is 4.84. The Morgan fingerprint density at radius 2 is 1.79 bits per heavy atom. The molecule has 4 heteroatoms. The highest BCUT2D eigenvalue weighted by Crippen LogP contribution is 2.30. The molecule has 2 rings (SSSR count). The van der Waals surface area contributed by atoms with Crippen molar-refractivity contribution < 1.29 is 0 Å². The highest BCUT2D eigenvalue weighted by molar-refractivity contribution is 5.85. The molecule has 0 aromatic carbocycles. The van der Waals surface area contributed by atoms with Gasteiger partial charge in [0.05, 0.1) is 0 Å². The molecule has 2 N–H and O–H groups in total. The maximum atomic E-state index is 5.69. The van der Waals surface area contributed by atoms with Crippen molar-refractivity contribution in [2.45, 2.75) is 25.7 Å². The molecule has 2 fully saturated rings. The lowest BCUT2D eigenvalue weighted by molar-refractivity contribution is 0.172. The van der Waals surface area contributed by atoms with Gasteiger partial charge in [-0.05, 0) is 50.6 Å². The van der Waals surface area contributed by atoms with Crippen molar-refractivity contribution in [3.63, 3.8) is 0 Å². The molecule has 14 heavy (non-hydrogen) atoms. The van der Waals surface area contributed by atoms with Crippen molar-refractivity contribution in [1.29, 1.82) is 0 Å². The first-order valence-electron chi connectivity index (χ1n) is 5.31. The molecule has 1 atom stereocenters. The van der Waals surface area contributed by atoms with Gasteiger partial charge in [0.1, 0.15) is 0 Å². The Labute approximate surface area is 99.4 Å². The van der Waals surface area contributed by atoms with Crippen LogP contribution in [0.25, 0.3) is 0 Å². The lowest BCUT2D eigenvalue weighted by Crippen LogP contribution is -2.39. The Bertz CT molecular complexity index is 151. The summed E-state index contributed by atoms with van der Waals surface area (Å²) in [6.07, 6.45) is 5.68. The highest BCUT2D eigenvalue weighted by atomic mass is 35.5. The van der Waals surface area contributed by atoms with Crippen molar-refractivity contribution in [1.82, 2.24) is 4.90 Å². The summed E-state index contributed by atoms with van der Waals surface area (Å²) in [6, 6.07) is 0. The SMILES string of the molecule is Cl.Cl.NCC1CCCN(CC2CC2)C1. The van der Waals surface area contributed by atoms with Gasteiger partial charge in [0.2, 0.25) is 0 Å². The molecule has 1 unspecified atom stereocenters. The summed E-state index contributed by atoms with van der Waals surface area (Å²) in [5.41, 5.74) is 5.69. The van der Waals surface area contributed by atoms with Crippen molar-refractivity contribution >= 4 is 24.8 Å². The summed E-state index contributed by atoms with van der Waals surface area (Å²) < 4.78 is 0. The molecule has 2 nitrogen and oxygen atoms in total. The molecule has 1 heterocycles. The van der Waals surface area contributed by atoms with E-state index in [4.69, 9.17) is 5.73 Å². The van der Waals surface area contributed by atoms with Crippen molar-refractivity contribution in [3.05, 3.63) is 0 Å². The van der Waals surface area contributed by atoms with Crippen molar-refractivity contribution in [3.8, 4) is 0 Å². The highest BCUT2D eigenvalue weighted by Gasteiger charge is 2.26. The Hall–Kier alpha value is 0.500. The minimum absolute atomic E-state index is 0. The summed E-state index contributed by atoms with van der Waals surface area (Å²) in [4.78, 5) is 2.62. The number of halogens is 2. The topological polar surface area (TPSA) is 29.3 Å². The minimum atomic E-state index is 0. The summed E-state index contributed by atoms with van der Waals surface area (Å²) in [5.74, 6) is 1.83. The lowest BCUT2D eigenvalue weighted by atomic mass is 9.98. The molecule has 2 aliphatic rings. The smallest absolute Gasteiger partial charge is 0.00218 e. The normalized spacial score (nSPS) is 27.6. The zero-order valence-electron chi connectivity index (χ0n) is 8.65. The third-order valence-electron chi connectivity index (χ3n) is 3.15. The molecule has 1 aliphatic carbocycles. The van der Waals surface area contributed by atoms with Gasteiger partial charge in [0.25, 0.3) is 0 Å². The minimum Gasteiger partial charge on any atom is -0.330 e.